The summed E-state index contributed by atoms with van der Waals surface area (Å²) in [6.07, 6.45) is 3.11. The van der Waals surface area contributed by atoms with Gasteiger partial charge in [-0.25, -0.2) is 0 Å². The fourth-order valence-corrected chi connectivity index (χ4v) is 1.05. The van der Waals surface area contributed by atoms with E-state index >= 15 is 0 Å². The predicted molar refractivity (Wildman–Crippen MR) is 55.4 cm³/mol. The third kappa shape index (κ3) is 3.14. The molecule has 1 heterocycles. The van der Waals surface area contributed by atoms with Crippen LogP contribution in [0.2, 0.25) is 5.02 Å². The molecule has 0 aliphatic carbocycles. The number of anilines is 1. The van der Waals surface area contributed by atoms with Gasteiger partial charge in [-0.15, -0.1) is 0 Å². The van der Waals surface area contributed by atoms with Gasteiger partial charge in [0.1, 0.15) is 5.60 Å². The van der Waals surface area contributed by atoms with E-state index in [-0.39, 0.29) is 13.2 Å². The zero-order valence-corrected chi connectivity index (χ0v) is 8.62. The SMILES string of the molecule is CC(O)(CO)CNc1ccncc1Cl. The van der Waals surface area contributed by atoms with Gasteiger partial charge < -0.3 is 15.5 Å². The van der Waals surface area contributed by atoms with Crippen LogP contribution in [0, 0.1) is 0 Å². The third-order valence-corrected chi connectivity index (χ3v) is 2.07. The average molecular weight is 217 g/mol. The van der Waals surface area contributed by atoms with Gasteiger partial charge in [-0.2, -0.15) is 0 Å². The first-order valence-corrected chi connectivity index (χ1v) is 4.59. The molecule has 1 unspecified atom stereocenters. The molecule has 4 nitrogen and oxygen atoms in total. The lowest BCUT2D eigenvalue weighted by atomic mass is 10.1. The number of pyridine rings is 1. The molecule has 3 N–H and O–H groups in total. The van der Waals surface area contributed by atoms with Crippen molar-refractivity contribution in [3.05, 3.63) is 23.5 Å². The summed E-state index contributed by atoms with van der Waals surface area (Å²) in [5.74, 6) is 0. The molecule has 0 amide bonds. The standard InChI is InChI=1S/C9H13ClN2O2/c1-9(14,6-13)5-12-8-2-3-11-4-7(8)10/h2-4,13-14H,5-6H2,1H3,(H,11,12). The number of hydrogen-bond donors (Lipinski definition) is 3. The maximum absolute atomic E-state index is 9.50. The van der Waals surface area contributed by atoms with Crippen molar-refractivity contribution in [2.75, 3.05) is 18.5 Å². The second-order valence-corrected chi connectivity index (χ2v) is 3.77. The highest BCUT2D eigenvalue weighted by Crippen LogP contribution is 2.19. The van der Waals surface area contributed by atoms with Crippen LogP contribution in [0.25, 0.3) is 0 Å². The molecule has 1 aromatic heterocycles. The van der Waals surface area contributed by atoms with Gasteiger partial charge in [-0.05, 0) is 13.0 Å². The zero-order chi connectivity index (χ0) is 10.6. The molecule has 0 bridgehead atoms. The van der Waals surface area contributed by atoms with Gasteiger partial charge in [-0.1, -0.05) is 11.6 Å². The Morgan fingerprint density at radius 2 is 2.36 bits per heavy atom. The van der Waals surface area contributed by atoms with Crippen LogP contribution in [-0.4, -0.2) is 33.9 Å². The smallest absolute Gasteiger partial charge is 0.102 e. The van der Waals surface area contributed by atoms with E-state index in [1.807, 2.05) is 0 Å². The normalized spacial score (nSPS) is 14.9. The summed E-state index contributed by atoms with van der Waals surface area (Å²) in [5, 5.41) is 21.7. The molecule has 14 heavy (non-hydrogen) atoms. The number of nitrogens with zero attached hydrogens (tertiary/aromatic N) is 1. The van der Waals surface area contributed by atoms with E-state index in [0.29, 0.717) is 10.7 Å². The molecule has 0 aliphatic rings. The Balaban J connectivity index is 2.58. The van der Waals surface area contributed by atoms with Crippen molar-refractivity contribution in [3.63, 3.8) is 0 Å². The highest BCUT2D eigenvalue weighted by molar-refractivity contribution is 6.33. The second kappa shape index (κ2) is 4.59. The number of aliphatic hydroxyl groups excluding tert-OH is 1. The van der Waals surface area contributed by atoms with E-state index in [1.165, 1.54) is 13.1 Å². The van der Waals surface area contributed by atoms with Crippen LogP contribution in [0.1, 0.15) is 6.92 Å². The van der Waals surface area contributed by atoms with E-state index in [4.69, 9.17) is 16.7 Å². The van der Waals surface area contributed by atoms with Gasteiger partial charge in [-0.3, -0.25) is 4.98 Å². The Kier molecular flexibility index (Phi) is 3.69. The van der Waals surface area contributed by atoms with Gasteiger partial charge in [0, 0.05) is 18.9 Å². The van der Waals surface area contributed by atoms with Crippen molar-refractivity contribution in [3.8, 4) is 0 Å². The molecule has 1 atom stereocenters. The summed E-state index contributed by atoms with van der Waals surface area (Å²) in [6, 6.07) is 1.70. The Labute approximate surface area is 87.6 Å². The summed E-state index contributed by atoms with van der Waals surface area (Å²) in [4.78, 5) is 3.83. The lowest BCUT2D eigenvalue weighted by Crippen LogP contribution is -2.37. The Morgan fingerprint density at radius 1 is 1.64 bits per heavy atom. The molecule has 0 aliphatic heterocycles. The minimum Gasteiger partial charge on any atom is -0.393 e. The molecule has 0 saturated carbocycles. The predicted octanol–water partition coefficient (Wildman–Crippen LogP) is 0.890. The molecule has 0 fully saturated rings. The van der Waals surface area contributed by atoms with E-state index in [0.717, 1.165) is 0 Å². The van der Waals surface area contributed by atoms with Crippen molar-refractivity contribution >= 4 is 17.3 Å². The average Bonchev–Trinajstić information content (AvgIpc) is 2.17. The lowest BCUT2D eigenvalue weighted by molar-refractivity contribution is 0.0132. The molecular formula is C9H13ClN2O2. The molecule has 5 heteroatoms. The van der Waals surface area contributed by atoms with Crippen LogP contribution >= 0.6 is 11.6 Å². The van der Waals surface area contributed by atoms with E-state index < -0.39 is 5.60 Å². The second-order valence-electron chi connectivity index (χ2n) is 3.36. The number of halogens is 1. The largest absolute Gasteiger partial charge is 0.393 e. The topological polar surface area (TPSA) is 65.4 Å². The van der Waals surface area contributed by atoms with Crippen LogP contribution in [0.5, 0.6) is 0 Å². The summed E-state index contributed by atoms with van der Waals surface area (Å²) in [7, 11) is 0. The Bertz CT molecular complexity index is 305. The Morgan fingerprint density at radius 3 is 2.93 bits per heavy atom. The van der Waals surface area contributed by atoms with E-state index in [9.17, 15) is 5.11 Å². The molecule has 0 saturated heterocycles. The van der Waals surface area contributed by atoms with Gasteiger partial charge in [0.2, 0.25) is 0 Å². The van der Waals surface area contributed by atoms with Crippen LogP contribution in [0.3, 0.4) is 0 Å². The van der Waals surface area contributed by atoms with Crippen molar-refractivity contribution < 1.29 is 10.2 Å². The lowest BCUT2D eigenvalue weighted by Gasteiger charge is -2.21. The summed E-state index contributed by atoms with van der Waals surface area (Å²) in [6.45, 7) is 1.46. The molecular weight excluding hydrogens is 204 g/mol. The molecule has 0 aromatic carbocycles. The highest BCUT2D eigenvalue weighted by atomic mass is 35.5. The third-order valence-electron chi connectivity index (χ3n) is 1.77. The van der Waals surface area contributed by atoms with Crippen LogP contribution in [0.15, 0.2) is 18.5 Å². The zero-order valence-electron chi connectivity index (χ0n) is 7.87. The fraction of sp³-hybridized carbons (Fsp3) is 0.444. The number of nitrogens with one attached hydrogen (secondary N) is 1. The van der Waals surface area contributed by atoms with Gasteiger partial charge in [0.25, 0.3) is 0 Å². The maximum atomic E-state index is 9.50. The quantitative estimate of drug-likeness (QED) is 0.700. The molecule has 0 spiro atoms. The minimum absolute atomic E-state index is 0.229. The van der Waals surface area contributed by atoms with Gasteiger partial charge >= 0.3 is 0 Å². The van der Waals surface area contributed by atoms with E-state index in [1.54, 1.807) is 12.3 Å². The maximum Gasteiger partial charge on any atom is 0.102 e. The monoisotopic (exact) mass is 216 g/mol. The van der Waals surface area contributed by atoms with Crippen molar-refractivity contribution in [1.29, 1.82) is 0 Å². The summed E-state index contributed by atoms with van der Waals surface area (Å²) < 4.78 is 0. The Hall–Kier alpha value is -0.840. The molecule has 0 radical (unpaired) electrons. The molecule has 78 valence electrons. The van der Waals surface area contributed by atoms with Crippen molar-refractivity contribution in [2.45, 2.75) is 12.5 Å². The summed E-state index contributed by atoms with van der Waals surface area (Å²) >= 11 is 5.83. The molecule has 1 aromatic rings. The first-order chi connectivity index (χ1) is 6.55. The number of rotatable bonds is 4. The number of aromatic nitrogens is 1. The van der Waals surface area contributed by atoms with E-state index in [2.05, 4.69) is 10.3 Å². The van der Waals surface area contributed by atoms with Crippen LogP contribution in [0.4, 0.5) is 5.69 Å². The first kappa shape index (κ1) is 11.2. The minimum atomic E-state index is -1.15. The van der Waals surface area contributed by atoms with Crippen LogP contribution < -0.4 is 5.32 Å². The number of hydrogen-bond acceptors (Lipinski definition) is 4. The first-order valence-electron chi connectivity index (χ1n) is 4.22. The van der Waals surface area contributed by atoms with Crippen molar-refractivity contribution in [1.82, 2.24) is 4.98 Å². The highest BCUT2D eigenvalue weighted by Gasteiger charge is 2.18. The van der Waals surface area contributed by atoms with Crippen molar-refractivity contribution in [2.24, 2.45) is 0 Å². The van der Waals surface area contributed by atoms with Gasteiger partial charge in [0.15, 0.2) is 0 Å². The fourth-order valence-electron chi connectivity index (χ4n) is 0.860. The summed E-state index contributed by atoms with van der Waals surface area (Å²) in [5.41, 5.74) is -0.456. The number of aliphatic hydroxyl groups is 2. The van der Waals surface area contributed by atoms with Gasteiger partial charge in [0.05, 0.1) is 17.3 Å². The van der Waals surface area contributed by atoms with Crippen LogP contribution in [-0.2, 0) is 0 Å². The molecule has 1 rings (SSSR count).